The summed E-state index contributed by atoms with van der Waals surface area (Å²) >= 11 is 1.57. The molecule has 35 heavy (non-hydrogen) atoms. The number of nitrogens with two attached hydrogens (primary N) is 1. The van der Waals surface area contributed by atoms with E-state index < -0.39 is 35.6 Å². The lowest BCUT2D eigenvalue weighted by Crippen LogP contribution is -2.57. The number of carbonyl (C=O) groups is 3. The normalized spacial score (nSPS) is 19.8. The predicted molar refractivity (Wildman–Crippen MR) is 135 cm³/mol. The molecule has 1 aromatic carbocycles. The number of amides is 3. The average Bonchev–Trinajstić information content (AvgIpc) is 3.40. The molecule has 1 saturated heterocycles. The molecule has 190 valence electrons. The van der Waals surface area contributed by atoms with Crippen molar-refractivity contribution >= 4 is 29.1 Å². The summed E-state index contributed by atoms with van der Waals surface area (Å²) in [6, 6.07) is 5.65. The lowest BCUT2D eigenvalue weighted by Gasteiger charge is -2.35. The SMILES string of the molecule is CC(=O)N[C@H](C(=O)N1C[C@H](O)C[C@H]1C(=O)N[C@@H](CN)c1ccc(-c2scnc2C)cc1)C(C)(C)C. The van der Waals surface area contributed by atoms with Crippen LogP contribution in [0.1, 0.15) is 51.4 Å². The Hall–Kier alpha value is -2.82. The van der Waals surface area contributed by atoms with Gasteiger partial charge in [-0.05, 0) is 23.5 Å². The van der Waals surface area contributed by atoms with Crippen LogP contribution >= 0.6 is 11.3 Å². The highest BCUT2D eigenvalue weighted by atomic mass is 32.1. The molecule has 10 heteroatoms. The third-order valence-corrected chi connectivity index (χ3v) is 7.18. The summed E-state index contributed by atoms with van der Waals surface area (Å²) in [4.78, 5) is 45.1. The van der Waals surface area contributed by atoms with Crippen LogP contribution in [0.5, 0.6) is 0 Å². The van der Waals surface area contributed by atoms with Crippen LogP contribution < -0.4 is 16.4 Å². The largest absolute Gasteiger partial charge is 0.391 e. The molecule has 4 atom stereocenters. The van der Waals surface area contributed by atoms with Gasteiger partial charge in [0.05, 0.1) is 28.2 Å². The first-order valence-electron chi connectivity index (χ1n) is 11.7. The fourth-order valence-corrected chi connectivity index (χ4v) is 5.13. The molecule has 9 nitrogen and oxygen atoms in total. The first-order chi connectivity index (χ1) is 16.4. The number of benzene rings is 1. The number of aliphatic hydroxyl groups excluding tert-OH is 1. The smallest absolute Gasteiger partial charge is 0.246 e. The quantitative estimate of drug-likeness (QED) is 0.456. The number of rotatable bonds is 7. The Morgan fingerprint density at radius 3 is 2.40 bits per heavy atom. The molecule has 2 heterocycles. The second-order valence-corrected chi connectivity index (χ2v) is 10.9. The Kier molecular flexibility index (Phi) is 8.30. The number of β-amino-alcohol motifs (C(OH)–C–C–N with tert-alkyl or cyclic N) is 1. The molecule has 3 rings (SSSR count). The van der Waals surface area contributed by atoms with Crippen molar-refractivity contribution < 1.29 is 19.5 Å². The van der Waals surface area contributed by atoms with Gasteiger partial charge < -0.3 is 26.4 Å². The maximum atomic E-state index is 13.4. The molecule has 0 bridgehead atoms. The summed E-state index contributed by atoms with van der Waals surface area (Å²) in [5, 5.41) is 15.9. The van der Waals surface area contributed by atoms with Crippen molar-refractivity contribution in [2.75, 3.05) is 13.1 Å². The Bertz CT molecular complexity index is 1060. The zero-order valence-electron chi connectivity index (χ0n) is 20.9. The van der Waals surface area contributed by atoms with Gasteiger partial charge in [-0.2, -0.15) is 0 Å². The number of carbonyl (C=O) groups excluding carboxylic acids is 3. The van der Waals surface area contributed by atoms with Gasteiger partial charge in [-0.3, -0.25) is 14.4 Å². The number of aliphatic hydroxyl groups is 1. The molecule has 0 spiro atoms. The molecule has 5 N–H and O–H groups in total. The number of thiazole rings is 1. The molecule has 1 aromatic heterocycles. The maximum absolute atomic E-state index is 13.4. The number of aromatic nitrogens is 1. The van der Waals surface area contributed by atoms with Crippen LogP contribution in [0.2, 0.25) is 0 Å². The Morgan fingerprint density at radius 2 is 1.89 bits per heavy atom. The number of nitrogens with zero attached hydrogens (tertiary/aromatic N) is 2. The number of aryl methyl sites for hydroxylation is 1. The average molecular weight is 502 g/mol. The Labute approximate surface area is 210 Å². The molecule has 0 unspecified atom stereocenters. The Morgan fingerprint density at radius 1 is 1.23 bits per heavy atom. The van der Waals surface area contributed by atoms with E-state index in [9.17, 15) is 19.5 Å². The fourth-order valence-electron chi connectivity index (χ4n) is 4.32. The zero-order valence-corrected chi connectivity index (χ0v) is 21.7. The van der Waals surface area contributed by atoms with Crippen LogP contribution in [0.4, 0.5) is 0 Å². The second-order valence-electron chi connectivity index (χ2n) is 10.1. The van der Waals surface area contributed by atoms with Crippen molar-refractivity contribution in [2.45, 2.75) is 65.3 Å². The highest BCUT2D eigenvalue weighted by Gasteiger charge is 2.44. The van der Waals surface area contributed by atoms with Gasteiger partial charge in [-0.25, -0.2) is 4.98 Å². The van der Waals surface area contributed by atoms with Crippen molar-refractivity contribution in [3.8, 4) is 10.4 Å². The lowest BCUT2D eigenvalue weighted by atomic mass is 9.85. The third-order valence-electron chi connectivity index (χ3n) is 6.20. The Balaban J connectivity index is 1.76. The van der Waals surface area contributed by atoms with Crippen LogP contribution in [0, 0.1) is 12.3 Å². The van der Waals surface area contributed by atoms with Crippen LogP contribution in [0.25, 0.3) is 10.4 Å². The molecule has 1 fully saturated rings. The van der Waals surface area contributed by atoms with Gasteiger partial charge in [0.15, 0.2) is 0 Å². The zero-order chi connectivity index (χ0) is 25.9. The van der Waals surface area contributed by atoms with Crippen LogP contribution in [0.3, 0.4) is 0 Å². The number of hydrogen-bond acceptors (Lipinski definition) is 7. The van der Waals surface area contributed by atoms with Crippen molar-refractivity contribution in [2.24, 2.45) is 11.1 Å². The lowest BCUT2D eigenvalue weighted by molar-refractivity contribution is -0.144. The first kappa shape index (κ1) is 26.8. The van der Waals surface area contributed by atoms with E-state index in [1.807, 2.05) is 52.0 Å². The van der Waals surface area contributed by atoms with Crippen LogP contribution in [-0.2, 0) is 14.4 Å². The van der Waals surface area contributed by atoms with Gasteiger partial charge in [0.25, 0.3) is 0 Å². The van der Waals surface area contributed by atoms with Crippen LogP contribution in [-0.4, -0.2) is 64.0 Å². The van der Waals surface area contributed by atoms with E-state index in [-0.39, 0.29) is 31.3 Å². The summed E-state index contributed by atoms with van der Waals surface area (Å²) in [5.74, 6) is -1.11. The van der Waals surface area contributed by atoms with E-state index >= 15 is 0 Å². The number of hydrogen-bond donors (Lipinski definition) is 4. The monoisotopic (exact) mass is 501 g/mol. The molecule has 1 aliphatic rings. The van der Waals surface area contributed by atoms with Crippen molar-refractivity contribution in [3.05, 3.63) is 41.0 Å². The molecule has 0 aliphatic carbocycles. The fraction of sp³-hybridized carbons (Fsp3) is 0.520. The molecule has 0 saturated carbocycles. The van der Waals surface area contributed by atoms with Gasteiger partial charge in [0, 0.05) is 26.4 Å². The maximum Gasteiger partial charge on any atom is 0.246 e. The van der Waals surface area contributed by atoms with E-state index in [4.69, 9.17) is 5.73 Å². The molecule has 3 amide bonds. The molecule has 2 aromatic rings. The van der Waals surface area contributed by atoms with Crippen LogP contribution in [0.15, 0.2) is 29.8 Å². The highest BCUT2D eigenvalue weighted by Crippen LogP contribution is 2.29. The summed E-state index contributed by atoms with van der Waals surface area (Å²) in [6.45, 7) is 9.03. The van der Waals surface area contributed by atoms with Crippen molar-refractivity contribution in [1.82, 2.24) is 20.5 Å². The van der Waals surface area contributed by atoms with Gasteiger partial charge >= 0.3 is 0 Å². The predicted octanol–water partition coefficient (Wildman–Crippen LogP) is 1.75. The molecule has 1 aliphatic heterocycles. The summed E-state index contributed by atoms with van der Waals surface area (Å²) in [6.07, 6.45) is -0.707. The van der Waals surface area contributed by atoms with Crippen molar-refractivity contribution in [3.63, 3.8) is 0 Å². The summed E-state index contributed by atoms with van der Waals surface area (Å²) in [7, 11) is 0. The van der Waals surface area contributed by atoms with E-state index in [0.717, 1.165) is 21.7 Å². The molecular weight excluding hydrogens is 466 g/mol. The molecular formula is C25H35N5O4S. The standard InChI is InChI=1S/C25H35N5O4S/c1-14-21(35-13-27-14)17-8-6-16(7-9-17)19(11-26)29-23(33)20-10-18(32)12-30(20)24(34)22(25(3,4)5)28-15(2)31/h6-9,13,18-20,22,32H,10-12,26H2,1-5H3,(H,28,31)(H,29,33)/t18-,19+,20+,22-/m1/s1. The highest BCUT2D eigenvalue weighted by molar-refractivity contribution is 7.13. The first-order valence-corrected chi connectivity index (χ1v) is 12.6. The second kappa shape index (κ2) is 10.8. The van der Waals surface area contributed by atoms with E-state index in [1.165, 1.54) is 11.8 Å². The minimum Gasteiger partial charge on any atom is -0.391 e. The van der Waals surface area contributed by atoms with E-state index in [2.05, 4.69) is 15.6 Å². The minimum absolute atomic E-state index is 0.0271. The van der Waals surface area contributed by atoms with Crippen molar-refractivity contribution in [1.29, 1.82) is 0 Å². The van der Waals surface area contributed by atoms with E-state index in [1.54, 1.807) is 16.8 Å². The third kappa shape index (κ3) is 6.25. The topological polar surface area (TPSA) is 138 Å². The summed E-state index contributed by atoms with van der Waals surface area (Å²) in [5.41, 5.74) is 10.1. The van der Waals surface area contributed by atoms with Gasteiger partial charge in [0.2, 0.25) is 17.7 Å². The van der Waals surface area contributed by atoms with Gasteiger partial charge in [-0.15, -0.1) is 11.3 Å². The minimum atomic E-state index is -0.857. The van der Waals surface area contributed by atoms with Gasteiger partial charge in [0.1, 0.15) is 12.1 Å². The number of likely N-dealkylation sites (tertiary alicyclic amines) is 1. The summed E-state index contributed by atoms with van der Waals surface area (Å²) < 4.78 is 0. The molecule has 0 radical (unpaired) electrons. The van der Waals surface area contributed by atoms with E-state index in [0.29, 0.717) is 0 Å². The number of nitrogens with one attached hydrogen (secondary N) is 2. The van der Waals surface area contributed by atoms with Gasteiger partial charge in [-0.1, -0.05) is 45.0 Å².